The van der Waals surface area contributed by atoms with E-state index in [0.717, 1.165) is 21.8 Å². The maximum Gasteiger partial charge on any atom is 0.125 e. The third-order valence-electron chi connectivity index (χ3n) is 8.18. The highest BCUT2D eigenvalue weighted by atomic mass is 32.1. The van der Waals surface area contributed by atoms with Gasteiger partial charge in [-0.3, -0.25) is 0 Å². The van der Waals surface area contributed by atoms with E-state index in [9.17, 15) is 0 Å². The quantitative estimate of drug-likeness (QED) is 0.219. The molecule has 0 fully saturated rings. The van der Waals surface area contributed by atoms with Gasteiger partial charge in [0.25, 0.3) is 0 Å². The van der Waals surface area contributed by atoms with Gasteiger partial charge in [-0.25, -0.2) is 4.98 Å². The zero-order valence-electron chi connectivity index (χ0n) is 21.5. The molecule has 0 aliphatic carbocycles. The fourth-order valence-corrected chi connectivity index (χ4v) is 7.46. The molecule has 3 heteroatoms. The van der Waals surface area contributed by atoms with Crippen molar-refractivity contribution >= 4 is 75.0 Å². The lowest BCUT2D eigenvalue weighted by molar-refractivity contribution is 1.18. The molecular weight excluding hydrogens is 504 g/mol. The monoisotopic (exact) mass is 526 g/mol. The summed E-state index contributed by atoms with van der Waals surface area (Å²) in [6, 6.07) is 48.2. The lowest BCUT2D eigenvalue weighted by Crippen LogP contribution is -1.94. The highest BCUT2D eigenvalue weighted by Gasteiger charge is 2.16. The first-order valence-electron chi connectivity index (χ1n) is 13.6. The second-order valence-corrected chi connectivity index (χ2v) is 11.4. The molecule has 0 saturated heterocycles. The Labute approximate surface area is 234 Å². The summed E-state index contributed by atoms with van der Waals surface area (Å²) in [6.07, 6.45) is 0. The van der Waals surface area contributed by atoms with Crippen LogP contribution in [-0.2, 0) is 0 Å². The molecule has 0 bridgehead atoms. The van der Waals surface area contributed by atoms with Crippen molar-refractivity contribution in [1.82, 2.24) is 9.55 Å². The molecule has 3 aromatic heterocycles. The molecule has 9 aromatic rings. The van der Waals surface area contributed by atoms with Gasteiger partial charge in [0.1, 0.15) is 4.83 Å². The average molecular weight is 527 g/mol. The molecular formula is C37H22N2S. The Hall–Kier alpha value is -4.99. The highest BCUT2D eigenvalue weighted by molar-refractivity contribution is 7.25. The van der Waals surface area contributed by atoms with Crippen LogP contribution in [0.1, 0.15) is 0 Å². The van der Waals surface area contributed by atoms with E-state index in [1.807, 2.05) is 0 Å². The van der Waals surface area contributed by atoms with Gasteiger partial charge in [0, 0.05) is 42.9 Å². The number of rotatable bonds is 2. The van der Waals surface area contributed by atoms with Crippen molar-refractivity contribution in [2.75, 3.05) is 0 Å². The number of hydrogen-bond donors (Lipinski definition) is 0. The first-order chi connectivity index (χ1) is 19.8. The second-order valence-electron chi connectivity index (χ2n) is 10.4. The van der Waals surface area contributed by atoms with Gasteiger partial charge in [0.05, 0.1) is 16.7 Å². The van der Waals surface area contributed by atoms with Crippen LogP contribution >= 0.6 is 11.3 Å². The van der Waals surface area contributed by atoms with E-state index < -0.39 is 0 Å². The third-order valence-corrected chi connectivity index (χ3v) is 9.25. The molecule has 3 heterocycles. The molecule has 6 aromatic carbocycles. The van der Waals surface area contributed by atoms with Crippen molar-refractivity contribution in [1.29, 1.82) is 0 Å². The lowest BCUT2D eigenvalue weighted by atomic mass is 10.0. The van der Waals surface area contributed by atoms with Gasteiger partial charge in [0.15, 0.2) is 0 Å². The van der Waals surface area contributed by atoms with Crippen LogP contribution in [0.2, 0.25) is 0 Å². The number of para-hydroxylation sites is 1. The van der Waals surface area contributed by atoms with Crippen LogP contribution in [0.5, 0.6) is 0 Å². The first kappa shape index (κ1) is 21.9. The maximum atomic E-state index is 5.25. The van der Waals surface area contributed by atoms with Crippen LogP contribution in [0.15, 0.2) is 133 Å². The predicted molar refractivity (Wildman–Crippen MR) is 172 cm³/mol. The molecule has 40 heavy (non-hydrogen) atoms. The number of aromatic nitrogens is 2. The van der Waals surface area contributed by atoms with Crippen molar-refractivity contribution in [2.24, 2.45) is 0 Å². The zero-order chi connectivity index (χ0) is 26.2. The summed E-state index contributed by atoms with van der Waals surface area (Å²) in [6.45, 7) is 0. The molecule has 9 rings (SSSR count). The highest BCUT2D eigenvalue weighted by Crippen LogP contribution is 2.41. The van der Waals surface area contributed by atoms with Crippen molar-refractivity contribution < 1.29 is 0 Å². The third kappa shape index (κ3) is 3.07. The minimum atomic E-state index is 1.04. The fourth-order valence-electron chi connectivity index (χ4n) is 6.36. The van der Waals surface area contributed by atoms with E-state index in [0.29, 0.717) is 0 Å². The van der Waals surface area contributed by atoms with E-state index in [1.165, 1.54) is 58.8 Å². The van der Waals surface area contributed by atoms with Crippen LogP contribution in [-0.4, -0.2) is 9.55 Å². The summed E-state index contributed by atoms with van der Waals surface area (Å²) in [4.78, 5) is 6.34. The van der Waals surface area contributed by atoms with Crippen molar-refractivity contribution in [3.05, 3.63) is 133 Å². The van der Waals surface area contributed by atoms with E-state index in [2.05, 4.69) is 138 Å². The number of fused-ring (bicyclic) bond motifs is 9. The molecule has 2 nitrogen and oxygen atoms in total. The van der Waals surface area contributed by atoms with Gasteiger partial charge in [-0.05, 0) is 52.6 Å². The molecule has 0 radical (unpaired) electrons. The van der Waals surface area contributed by atoms with Gasteiger partial charge in [-0.15, -0.1) is 11.3 Å². The molecule has 0 atom stereocenters. The normalized spacial score (nSPS) is 12.0. The molecule has 0 saturated carbocycles. The molecule has 0 N–H and O–H groups in total. The van der Waals surface area contributed by atoms with Crippen molar-refractivity contribution in [2.45, 2.75) is 0 Å². The first-order valence-corrected chi connectivity index (χ1v) is 14.4. The summed E-state index contributed by atoms with van der Waals surface area (Å²) in [7, 11) is 0. The fraction of sp³-hybridized carbons (Fsp3) is 0. The number of hydrogen-bond acceptors (Lipinski definition) is 2. The Bertz CT molecular complexity index is 2430. The Kier molecular flexibility index (Phi) is 4.52. The standard InChI is InChI=1S/C37H22N2S/c1-2-10-25-22-33-31(21-24(25)9-1)27-11-5-7-15-32(27)39(33)26-19-17-23(18-20-26)36-29-13-4-3-12-28(29)35-30-14-6-8-16-34(30)40-37(35)38-36/h1-22H. The van der Waals surface area contributed by atoms with Gasteiger partial charge in [-0.1, -0.05) is 97.1 Å². The van der Waals surface area contributed by atoms with Crippen LogP contribution in [0.3, 0.4) is 0 Å². The summed E-state index contributed by atoms with van der Waals surface area (Å²) in [5.41, 5.74) is 5.76. The zero-order valence-corrected chi connectivity index (χ0v) is 22.3. The van der Waals surface area contributed by atoms with Crippen LogP contribution in [0.4, 0.5) is 0 Å². The molecule has 0 spiro atoms. The average Bonchev–Trinajstić information content (AvgIpc) is 3.55. The Morgan fingerprint density at radius 1 is 0.500 bits per heavy atom. The molecule has 0 aliphatic rings. The van der Waals surface area contributed by atoms with E-state index >= 15 is 0 Å². The van der Waals surface area contributed by atoms with Gasteiger partial charge in [0.2, 0.25) is 0 Å². The van der Waals surface area contributed by atoms with Crippen molar-refractivity contribution in [3.63, 3.8) is 0 Å². The van der Waals surface area contributed by atoms with Crippen LogP contribution in [0.25, 0.3) is 80.6 Å². The SMILES string of the molecule is c1ccc2cc3c(cc2c1)c1ccccc1n3-c1ccc(-c2nc3sc4ccccc4c3c3ccccc23)cc1. The molecule has 0 amide bonds. The van der Waals surface area contributed by atoms with Gasteiger partial charge in [-0.2, -0.15) is 0 Å². The summed E-state index contributed by atoms with van der Waals surface area (Å²) < 4.78 is 3.67. The Morgan fingerprint density at radius 2 is 1.15 bits per heavy atom. The molecule has 0 aliphatic heterocycles. The van der Waals surface area contributed by atoms with Crippen LogP contribution in [0, 0.1) is 0 Å². The number of pyridine rings is 1. The number of nitrogens with zero attached hydrogens (tertiary/aromatic N) is 2. The summed E-state index contributed by atoms with van der Waals surface area (Å²) >= 11 is 1.77. The topological polar surface area (TPSA) is 17.8 Å². The minimum Gasteiger partial charge on any atom is -0.309 e. The molecule has 0 unspecified atom stereocenters. The van der Waals surface area contributed by atoms with Gasteiger partial charge < -0.3 is 4.57 Å². The maximum absolute atomic E-state index is 5.25. The number of benzene rings is 6. The summed E-state index contributed by atoms with van der Waals surface area (Å²) in [5, 5.41) is 10.1. The summed E-state index contributed by atoms with van der Waals surface area (Å²) in [5.74, 6) is 0. The van der Waals surface area contributed by atoms with Crippen LogP contribution < -0.4 is 0 Å². The van der Waals surface area contributed by atoms with E-state index in [4.69, 9.17) is 4.98 Å². The second kappa shape index (κ2) is 8.25. The van der Waals surface area contributed by atoms with E-state index in [1.54, 1.807) is 11.3 Å². The number of thiophene rings is 1. The molecule has 186 valence electrons. The lowest BCUT2D eigenvalue weighted by Gasteiger charge is -2.11. The predicted octanol–water partition coefficient (Wildman–Crippen LogP) is 10.5. The largest absolute Gasteiger partial charge is 0.309 e. The van der Waals surface area contributed by atoms with Gasteiger partial charge >= 0.3 is 0 Å². The smallest absolute Gasteiger partial charge is 0.125 e. The Morgan fingerprint density at radius 3 is 1.98 bits per heavy atom. The Balaban J connectivity index is 1.27. The van der Waals surface area contributed by atoms with Crippen molar-refractivity contribution in [3.8, 4) is 16.9 Å². The van der Waals surface area contributed by atoms with E-state index in [-0.39, 0.29) is 0 Å². The minimum absolute atomic E-state index is 1.04.